The summed E-state index contributed by atoms with van der Waals surface area (Å²) in [5.41, 5.74) is 1.03. The Morgan fingerprint density at radius 1 is 1.38 bits per heavy atom. The van der Waals surface area contributed by atoms with E-state index in [1.54, 1.807) is 0 Å². The molecule has 1 aromatic heterocycles. The van der Waals surface area contributed by atoms with Crippen LogP contribution in [0, 0.1) is 0 Å². The fourth-order valence-electron chi connectivity index (χ4n) is 2.13. The molecule has 0 atom stereocenters. The summed E-state index contributed by atoms with van der Waals surface area (Å²) in [7, 11) is 3.80. The van der Waals surface area contributed by atoms with Gasteiger partial charge in [0.25, 0.3) is 0 Å². The van der Waals surface area contributed by atoms with Crippen LogP contribution in [-0.2, 0) is 13.6 Å². The maximum absolute atomic E-state index is 12.1. The van der Waals surface area contributed by atoms with Gasteiger partial charge in [0.2, 0.25) is 0 Å². The van der Waals surface area contributed by atoms with Crippen molar-refractivity contribution >= 4 is 41.5 Å². The summed E-state index contributed by atoms with van der Waals surface area (Å²) in [4.78, 5) is 6.32. The highest BCUT2D eigenvalue weighted by Crippen LogP contribution is 2.22. The third-order valence-corrected chi connectivity index (χ3v) is 3.51. The molecule has 140 valence electrons. The average Bonchev–Trinajstić information content (AvgIpc) is 2.74. The van der Waals surface area contributed by atoms with Gasteiger partial charge in [0.15, 0.2) is 5.96 Å². The zero-order chi connectivity index (χ0) is 17.5. The minimum atomic E-state index is -4.09. The van der Waals surface area contributed by atoms with E-state index in [1.807, 2.05) is 42.7 Å². The number of hydrogen-bond acceptors (Lipinski definition) is 1. The first-order valence-corrected chi connectivity index (χ1v) is 7.97. The molecule has 0 radical (unpaired) electrons. The Kier molecular flexibility index (Phi) is 10.8. The number of guanidine groups is 1. The first kappa shape index (κ1) is 23.4. The Morgan fingerprint density at radius 3 is 2.54 bits per heavy atom. The van der Waals surface area contributed by atoms with Gasteiger partial charge in [-0.1, -0.05) is 11.6 Å². The van der Waals surface area contributed by atoms with Gasteiger partial charge in [-0.25, -0.2) is 0 Å². The van der Waals surface area contributed by atoms with Crippen LogP contribution in [0.5, 0.6) is 0 Å². The van der Waals surface area contributed by atoms with Gasteiger partial charge < -0.3 is 14.8 Å². The van der Waals surface area contributed by atoms with Gasteiger partial charge in [0.05, 0.1) is 11.6 Å². The van der Waals surface area contributed by atoms with Crippen molar-refractivity contribution in [3.05, 3.63) is 23.0 Å². The number of nitrogens with one attached hydrogen (secondary N) is 1. The number of aliphatic imine (C=N–C) groups is 1. The van der Waals surface area contributed by atoms with Gasteiger partial charge in [-0.3, -0.25) is 4.99 Å². The lowest BCUT2D eigenvalue weighted by Gasteiger charge is -2.22. The molecule has 0 aliphatic rings. The molecule has 0 unspecified atom stereocenters. The highest BCUT2D eigenvalue weighted by atomic mass is 127. The molecule has 9 heteroatoms. The summed E-state index contributed by atoms with van der Waals surface area (Å²) in [6.07, 6.45) is -2.50. The zero-order valence-electron chi connectivity index (χ0n) is 14.2. The quantitative estimate of drug-likeness (QED) is 0.271. The van der Waals surface area contributed by atoms with Gasteiger partial charge >= 0.3 is 6.18 Å². The fourth-order valence-corrected chi connectivity index (χ4v) is 2.41. The van der Waals surface area contributed by atoms with Crippen molar-refractivity contribution in [3.63, 3.8) is 0 Å². The second-order valence-electron chi connectivity index (χ2n) is 5.42. The average molecular weight is 481 g/mol. The van der Waals surface area contributed by atoms with Crippen LogP contribution in [0.1, 0.15) is 31.9 Å². The van der Waals surface area contributed by atoms with Crippen LogP contribution in [0.3, 0.4) is 0 Å². The second-order valence-corrected chi connectivity index (χ2v) is 5.86. The zero-order valence-corrected chi connectivity index (χ0v) is 17.2. The minimum absolute atomic E-state index is 0. The summed E-state index contributed by atoms with van der Waals surface area (Å²) in [6.45, 7) is 3.63. The van der Waals surface area contributed by atoms with Crippen molar-refractivity contribution in [2.75, 3.05) is 20.1 Å². The van der Waals surface area contributed by atoms with Crippen LogP contribution < -0.4 is 5.32 Å². The maximum Gasteiger partial charge on any atom is 0.389 e. The Bertz CT molecular complexity index is 517. The molecule has 0 aliphatic heterocycles. The van der Waals surface area contributed by atoms with E-state index in [0.717, 1.165) is 5.69 Å². The smallest absolute Gasteiger partial charge is 0.357 e. The van der Waals surface area contributed by atoms with Gasteiger partial charge in [-0.05, 0) is 25.8 Å². The number of rotatable bonds is 7. The number of alkyl halides is 3. The van der Waals surface area contributed by atoms with E-state index in [4.69, 9.17) is 11.6 Å². The Morgan fingerprint density at radius 2 is 2.04 bits per heavy atom. The van der Waals surface area contributed by atoms with Gasteiger partial charge in [0, 0.05) is 45.5 Å². The molecule has 0 fully saturated rings. The molecular formula is C15H25ClF3IN4. The summed E-state index contributed by atoms with van der Waals surface area (Å²) in [5, 5.41) is 3.82. The molecule has 4 nitrogen and oxygen atoms in total. The number of aryl methyl sites for hydroxylation is 1. The van der Waals surface area contributed by atoms with Crippen LogP contribution in [0.2, 0.25) is 5.02 Å². The van der Waals surface area contributed by atoms with Gasteiger partial charge in [-0.15, -0.1) is 24.0 Å². The van der Waals surface area contributed by atoms with Crippen LogP contribution in [0.4, 0.5) is 13.2 Å². The Labute approximate surface area is 163 Å². The topological polar surface area (TPSA) is 32.6 Å². The summed E-state index contributed by atoms with van der Waals surface area (Å²) >= 11 is 5.97. The van der Waals surface area contributed by atoms with Gasteiger partial charge in [0.1, 0.15) is 0 Å². The van der Waals surface area contributed by atoms with E-state index in [0.29, 0.717) is 37.0 Å². The summed E-state index contributed by atoms with van der Waals surface area (Å²) in [6, 6.07) is 1.88. The molecule has 1 rings (SSSR count). The van der Waals surface area contributed by atoms with Crippen molar-refractivity contribution < 1.29 is 13.2 Å². The number of hydrogen-bond donors (Lipinski definition) is 1. The van der Waals surface area contributed by atoms with E-state index >= 15 is 0 Å². The summed E-state index contributed by atoms with van der Waals surface area (Å²) < 4.78 is 38.2. The van der Waals surface area contributed by atoms with E-state index in [1.165, 1.54) is 0 Å². The minimum Gasteiger partial charge on any atom is -0.357 e. The lowest BCUT2D eigenvalue weighted by molar-refractivity contribution is -0.135. The molecule has 0 aromatic carbocycles. The summed E-state index contributed by atoms with van der Waals surface area (Å²) in [5.74, 6) is 0.678. The van der Waals surface area contributed by atoms with E-state index < -0.39 is 12.6 Å². The van der Waals surface area contributed by atoms with Crippen LogP contribution in [0.25, 0.3) is 0 Å². The van der Waals surface area contributed by atoms with Crippen molar-refractivity contribution in [2.45, 2.75) is 38.9 Å². The molecule has 24 heavy (non-hydrogen) atoms. The van der Waals surface area contributed by atoms with E-state index in [9.17, 15) is 13.2 Å². The Balaban J connectivity index is 0.00000529. The highest BCUT2D eigenvalue weighted by Gasteiger charge is 2.25. The molecule has 1 aromatic rings. The maximum atomic E-state index is 12.1. The van der Waals surface area contributed by atoms with Crippen LogP contribution in [-0.4, -0.2) is 41.7 Å². The van der Waals surface area contributed by atoms with Crippen molar-refractivity contribution in [3.8, 4) is 0 Å². The van der Waals surface area contributed by atoms with Gasteiger partial charge in [-0.2, -0.15) is 13.2 Å². The number of aromatic nitrogens is 1. The first-order valence-electron chi connectivity index (χ1n) is 7.60. The Hall–Kier alpha value is -0.640. The normalized spacial score (nSPS) is 12.0. The molecule has 0 aliphatic carbocycles. The van der Waals surface area contributed by atoms with E-state index in [2.05, 4.69) is 10.3 Å². The molecule has 0 bridgehead atoms. The largest absolute Gasteiger partial charge is 0.389 e. The molecule has 1 N–H and O–H groups in total. The predicted octanol–water partition coefficient (Wildman–Crippen LogP) is 4.43. The van der Waals surface area contributed by atoms with Crippen molar-refractivity contribution in [2.24, 2.45) is 12.0 Å². The lowest BCUT2D eigenvalue weighted by Crippen LogP contribution is -2.38. The highest BCUT2D eigenvalue weighted by molar-refractivity contribution is 14.0. The monoisotopic (exact) mass is 480 g/mol. The van der Waals surface area contributed by atoms with Crippen LogP contribution >= 0.6 is 35.6 Å². The lowest BCUT2D eigenvalue weighted by atomic mass is 10.2. The number of nitrogens with zero attached hydrogens (tertiary/aromatic N) is 3. The SMILES string of the molecule is CCNC(=NCCCCC(F)(F)F)N(C)Cc1cc(Cl)cn1C.I. The third-order valence-electron chi connectivity index (χ3n) is 3.30. The number of halogens is 5. The molecule has 0 saturated carbocycles. The molecule has 1 heterocycles. The molecule has 0 spiro atoms. The second kappa shape index (κ2) is 11.1. The first-order chi connectivity index (χ1) is 10.7. The molecule has 0 amide bonds. The fraction of sp³-hybridized carbons (Fsp3) is 0.667. The van der Waals surface area contributed by atoms with Crippen molar-refractivity contribution in [1.29, 1.82) is 0 Å². The van der Waals surface area contributed by atoms with E-state index in [-0.39, 0.29) is 30.4 Å². The predicted molar refractivity (Wildman–Crippen MR) is 103 cm³/mol. The van der Waals surface area contributed by atoms with Crippen LogP contribution in [0.15, 0.2) is 17.3 Å². The van der Waals surface area contributed by atoms with Crippen molar-refractivity contribution in [1.82, 2.24) is 14.8 Å². The molecule has 0 saturated heterocycles. The standard InChI is InChI=1S/C15H24ClF3N4.HI/c1-4-20-14(21-8-6-5-7-15(17,18)19)23(3)11-13-9-12(16)10-22(13)2;/h9-10H,4-8,11H2,1-3H3,(H,20,21);1H. The molecular weight excluding hydrogens is 456 g/mol. The third kappa shape index (κ3) is 9.00. The number of unbranched alkanes of at least 4 members (excludes halogenated alkanes) is 1.